The van der Waals surface area contributed by atoms with Gasteiger partial charge in [-0.1, -0.05) is 13.3 Å². The predicted octanol–water partition coefficient (Wildman–Crippen LogP) is 3.59. The van der Waals surface area contributed by atoms with Crippen LogP contribution < -0.4 is 5.32 Å². The summed E-state index contributed by atoms with van der Waals surface area (Å²) in [5.74, 6) is 4.28. The molecule has 4 atom stereocenters. The highest BCUT2D eigenvalue weighted by atomic mass is 14.9. The monoisotopic (exact) mass is 221 g/mol. The van der Waals surface area contributed by atoms with Crippen LogP contribution in [0.5, 0.6) is 0 Å². The highest BCUT2D eigenvalue weighted by Crippen LogP contribution is 2.50. The van der Waals surface area contributed by atoms with E-state index in [2.05, 4.69) is 12.2 Å². The molecular weight excluding hydrogens is 194 g/mol. The summed E-state index contributed by atoms with van der Waals surface area (Å²) in [5.41, 5.74) is 0. The van der Waals surface area contributed by atoms with E-state index in [1.807, 2.05) is 0 Å². The van der Waals surface area contributed by atoms with Crippen molar-refractivity contribution in [3.05, 3.63) is 0 Å². The van der Waals surface area contributed by atoms with Gasteiger partial charge >= 0.3 is 0 Å². The van der Waals surface area contributed by atoms with E-state index >= 15 is 0 Å². The minimum Gasteiger partial charge on any atom is -0.314 e. The fraction of sp³-hybridized carbons (Fsp3) is 1.00. The van der Waals surface area contributed by atoms with Crippen molar-refractivity contribution in [1.82, 2.24) is 5.32 Å². The summed E-state index contributed by atoms with van der Waals surface area (Å²) in [6, 6.07) is 0.893. The second-order valence-corrected chi connectivity index (χ2v) is 6.80. The Kier molecular flexibility index (Phi) is 3.24. The van der Waals surface area contributed by atoms with Crippen molar-refractivity contribution in [3.8, 4) is 0 Å². The van der Waals surface area contributed by atoms with Crippen molar-refractivity contribution >= 4 is 0 Å². The molecule has 0 spiro atoms. The van der Waals surface area contributed by atoms with Gasteiger partial charge in [-0.2, -0.15) is 0 Å². The van der Waals surface area contributed by atoms with E-state index in [0.29, 0.717) is 0 Å². The molecule has 0 radical (unpaired) electrons. The number of hydrogen-bond donors (Lipinski definition) is 1. The van der Waals surface area contributed by atoms with Crippen LogP contribution in [0.15, 0.2) is 0 Å². The maximum atomic E-state index is 3.67. The molecule has 4 unspecified atom stereocenters. The summed E-state index contributed by atoms with van der Waals surface area (Å²) < 4.78 is 0. The van der Waals surface area contributed by atoms with E-state index in [4.69, 9.17) is 0 Å². The van der Waals surface area contributed by atoms with Gasteiger partial charge in [-0.05, 0) is 75.2 Å². The lowest BCUT2D eigenvalue weighted by Crippen LogP contribution is -2.23. The Morgan fingerprint density at radius 1 is 1.12 bits per heavy atom. The molecule has 3 fully saturated rings. The second-order valence-electron chi connectivity index (χ2n) is 6.80. The molecule has 3 rings (SSSR count). The van der Waals surface area contributed by atoms with Crippen molar-refractivity contribution < 1.29 is 0 Å². The Morgan fingerprint density at radius 3 is 2.62 bits per heavy atom. The van der Waals surface area contributed by atoms with Gasteiger partial charge in [-0.25, -0.2) is 0 Å². The van der Waals surface area contributed by atoms with Crippen molar-refractivity contribution in [3.63, 3.8) is 0 Å². The van der Waals surface area contributed by atoms with Gasteiger partial charge in [-0.15, -0.1) is 0 Å². The van der Waals surface area contributed by atoms with E-state index < -0.39 is 0 Å². The summed E-state index contributed by atoms with van der Waals surface area (Å²) in [5, 5.41) is 3.67. The van der Waals surface area contributed by atoms with Crippen molar-refractivity contribution in [2.45, 2.75) is 64.3 Å². The van der Waals surface area contributed by atoms with Crippen molar-refractivity contribution in [2.24, 2.45) is 23.7 Å². The molecule has 0 amide bonds. The quantitative estimate of drug-likeness (QED) is 0.723. The lowest BCUT2D eigenvalue weighted by atomic mass is 9.84. The minimum absolute atomic E-state index is 0.893. The van der Waals surface area contributed by atoms with Crippen molar-refractivity contribution in [2.75, 3.05) is 6.54 Å². The van der Waals surface area contributed by atoms with E-state index in [-0.39, 0.29) is 0 Å². The molecule has 3 aliphatic carbocycles. The number of nitrogens with one attached hydrogen (secondary N) is 1. The highest BCUT2D eigenvalue weighted by Gasteiger charge is 2.38. The number of fused-ring (bicyclic) bond motifs is 2. The molecule has 0 aromatic rings. The molecule has 3 aliphatic rings. The topological polar surface area (TPSA) is 12.0 Å². The van der Waals surface area contributed by atoms with Gasteiger partial charge in [-0.3, -0.25) is 0 Å². The first-order chi connectivity index (χ1) is 7.81. The summed E-state index contributed by atoms with van der Waals surface area (Å²) in [6.07, 6.45) is 12.1. The zero-order valence-corrected chi connectivity index (χ0v) is 10.8. The average Bonchev–Trinajstić information content (AvgIpc) is 2.89. The Balaban J connectivity index is 1.32. The third-order valence-corrected chi connectivity index (χ3v) is 5.25. The van der Waals surface area contributed by atoms with E-state index in [1.165, 1.54) is 32.2 Å². The summed E-state index contributed by atoms with van der Waals surface area (Å²) >= 11 is 0. The van der Waals surface area contributed by atoms with Crippen LogP contribution in [0.4, 0.5) is 0 Å². The van der Waals surface area contributed by atoms with Crippen LogP contribution >= 0.6 is 0 Å². The van der Waals surface area contributed by atoms with Gasteiger partial charge in [0.05, 0.1) is 0 Å². The molecule has 0 aromatic carbocycles. The lowest BCUT2D eigenvalue weighted by molar-refractivity contribution is 0.289. The van der Waals surface area contributed by atoms with Crippen LogP contribution in [-0.2, 0) is 0 Å². The van der Waals surface area contributed by atoms with Crippen LogP contribution in [0.25, 0.3) is 0 Å². The maximum absolute atomic E-state index is 3.67. The molecule has 2 bridgehead atoms. The van der Waals surface area contributed by atoms with Crippen LogP contribution in [0, 0.1) is 23.7 Å². The fourth-order valence-corrected chi connectivity index (χ4v) is 3.99. The first-order valence-corrected chi connectivity index (χ1v) is 7.54. The maximum Gasteiger partial charge on any atom is 0.00683 e. The predicted molar refractivity (Wildman–Crippen MR) is 68.4 cm³/mol. The molecule has 0 aromatic heterocycles. The Hall–Kier alpha value is -0.0400. The standard InChI is InChI=1S/C15H27N/c1-11(10-16-15-6-7-15)2-4-13-8-12-3-5-14(13)9-12/h11-16H,2-10H2,1H3. The van der Waals surface area contributed by atoms with E-state index in [9.17, 15) is 0 Å². The van der Waals surface area contributed by atoms with Gasteiger partial charge in [0.1, 0.15) is 0 Å². The molecule has 0 heterocycles. The van der Waals surface area contributed by atoms with Gasteiger partial charge in [0.2, 0.25) is 0 Å². The fourth-order valence-electron chi connectivity index (χ4n) is 3.99. The highest BCUT2D eigenvalue weighted by molar-refractivity contribution is 4.90. The van der Waals surface area contributed by atoms with Gasteiger partial charge < -0.3 is 5.32 Å². The molecular formula is C15H27N. The lowest BCUT2D eigenvalue weighted by Gasteiger charge is -2.23. The molecule has 0 aliphatic heterocycles. The molecule has 92 valence electrons. The molecule has 3 saturated carbocycles. The van der Waals surface area contributed by atoms with Crippen LogP contribution in [0.1, 0.15) is 58.3 Å². The minimum atomic E-state index is 0.893. The smallest absolute Gasteiger partial charge is 0.00683 e. The molecule has 1 nitrogen and oxygen atoms in total. The Labute approximate surface area is 100 Å². The van der Waals surface area contributed by atoms with Crippen LogP contribution in [-0.4, -0.2) is 12.6 Å². The van der Waals surface area contributed by atoms with Crippen molar-refractivity contribution in [1.29, 1.82) is 0 Å². The van der Waals surface area contributed by atoms with E-state index in [0.717, 1.165) is 29.7 Å². The molecule has 1 N–H and O–H groups in total. The second kappa shape index (κ2) is 4.68. The largest absolute Gasteiger partial charge is 0.314 e. The van der Waals surface area contributed by atoms with Crippen LogP contribution in [0.2, 0.25) is 0 Å². The van der Waals surface area contributed by atoms with Gasteiger partial charge in [0, 0.05) is 6.04 Å². The Bertz CT molecular complexity index is 234. The third-order valence-electron chi connectivity index (χ3n) is 5.25. The number of hydrogen-bond acceptors (Lipinski definition) is 1. The molecule has 16 heavy (non-hydrogen) atoms. The first kappa shape index (κ1) is 11.1. The van der Waals surface area contributed by atoms with Gasteiger partial charge in [0.25, 0.3) is 0 Å². The summed E-state index contributed by atoms with van der Waals surface area (Å²) in [7, 11) is 0. The number of rotatable bonds is 6. The normalized spacial score (nSPS) is 39.2. The molecule has 0 saturated heterocycles. The summed E-state index contributed by atoms with van der Waals surface area (Å²) in [4.78, 5) is 0. The zero-order chi connectivity index (χ0) is 11.0. The average molecular weight is 221 g/mol. The third kappa shape index (κ3) is 2.61. The first-order valence-electron chi connectivity index (χ1n) is 7.54. The zero-order valence-electron chi connectivity index (χ0n) is 10.8. The van der Waals surface area contributed by atoms with Crippen LogP contribution in [0.3, 0.4) is 0 Å². The van der Waals surface area contributed by atoms with E-state index in [1.54, 1.807) is 25.7 Å². The molecule has 1 heteroatoms. The summed E-state index contributed by atoms with van der Waals surface area (Å²) in [6.45, 7) is 3.70. The Morgan fingerprint density at radius 2 is 2.00 bits per heavy atom. The SMILES string of the molecule is CC(CCC1CC2CCC1C2)CNC1CC1. The van der Waals surface area contributed by atoms with Gasteiger partial charge in [0.15, 0.2) is 0 Å².